The molecule has 0 bridgehead atoms. The van der Waals surface area contributed by atoms with Crippen LogP contribution in [0.2, 0.25) is 0 Å². The van der Waals surface area contributed by atoms with Crippen LogP contribution in [-0.2, 0) is 4.74 Å². The van der Waals surface area contributed by atoms with Crippen LogP contribution in [0.3, 0.4) is 0 Å². The minimum atomic E-state index is 0.103. The van der Waals surface area contributed by atoms with Gasteiger partial charge < -0.3 is 4.74 Å². The first kappa shape index (κ1) is 13.9. The summed E-state index contributed by atoms with van der Waals surface area (Å²) >= 11 is 0. The van der Waals surface area contributed by atoms with E-state index in [1.807, 2.05) is 6.92 Å². The molecule has 1 N–H and O–H groups in total. The lowest BCUT2D eigenvalue weighted by Crippen LogP contribution is -2.43. The molecule has 0 saturated carbocycles. The van der Waals surface area contributed by atoms with E-state index in [2.05, 4.69) is 51.9 Å². The highest BCUT2D eigenvalue weighted by atomic mass is 16.5. The Bertz CT molecular complexity index is 148. The van der Waals surface area contributed by atoms with Gasteiger partial charge in [-0.15, -0.1) is 0 Å². The van der Waals surface area contributed by atoms with E-state index in [1.54, 1.807) is 0 Å². The van der Waals surface area contributed by atoms with Gasteiger partial charge in [-0.25, -0.2) is 0 Å². The quantitative estimate of drug-likeness (QED) is 0.667. The second-order valence-corrected chi connectivity index (χ2v) is 4.46. The summed E-state index contributed by atoms with van der Waals surface area (Å²) in [5.74, 6) is 0. The third kappa shape index (κ3) is 5.58. The molecule has 0 saturated heterocycles. The molecular formula is C11H26N2O. The maximum atomic E-state index is 5.80. The van der Waals surface area contributed by atoms with Crippen molar-refractivity contribution in [1.29, 1.82) is 0 Å². The first-order valence-electron chi connectivity index (χ1n) is 5.48. The molecule has 0 aromatic carbocycles. The predicted octanol–water partition coefficient (Wildman–Crippen LogP) is 2.03. The Balaban J connectivity index is 3.86. The molecule has 0 rings (SSSR count). The molecule has 3 heteroatoms. The smallest absolute Gasteiger partial charge is 0.109 e. The van der Waals surface area contributed by atoms with Crippen LogP contribution in [0.4, 0.5) is 0 Å². The van der Waals surface area contributed by atoms with Gasteiger partial charge in [0.15, 0.2) is 0 Å². The van der Waals surface area contributed by atoms with Gasteiger partial charge >= 0.3 is 0 Å². The summed E-state index contributed by atoms with van der Waals surface area (Å²) in [6.07, 6.45) is 0.252. The topological polar surface area (TPSA) is 24.5 Å². The van der Waals surface area contributed by atoms with Crippen molar-refractivity contribution in [3.05, 3.63) is 0 Å². The summed E-state index contributed by atoms with van der Waals surface area (Å²) in [6, 6.07) is 0.970. The molecule has 0 aliphatic carbocycles. The van der Waals surface area contributed by atoms with Crippen LogP contribution in [0.15, 0.2) is 0 Å². The highest BCUT2D eigenvalue weighted by Crippen LogP contribution is 2.05. The lowest BCUT2D eigenvalue weighted by molar-refractivity contribution is -0.0961. The largest absolute Gasteiger partial charge is 0.346 e. The predicted molar refractivity (Wildman–Crippen MR) is 61.2 cm³/mol. The number of nitrogens with one attached hydrogen (secondary N) is 1. The zero-order chi connectivity index (χ0) is 11.3. The van der Waals surface area contributed by atoms with Gasteiger partial charge in [0.05, 0.1) is 0 Å². The molecule has 0 radical (unpaired) electrons. The van der Waals surface area contributed by atoms with Crippen LogP contribution in [0, 0.1) is 0 Å². The van der Waals surface area contributed by atoms with Crippen molar-refractivity contribution in [2.24, 2.45) is 0 Å². The van der Waals surface area contributed by atoms with Gasteiger partial charge in [0, 0.05) is 12.1 Å². The average Bonchev–Trinajstić information content (AvgIpc) is 2.00. The zero-order valence-corrected chi connectivity index (χ0v) is 10.7. The van der Waals surface area contributed by atoms with Gasteiger partial charge in [-0.3, -0.25) is 10.2 Å². The van der Waals surface area contributed by atoms with Crippen LogP contribution in [0.1, 0.15) is 41.5 Å². The number of hydrogen-bond acceptors (Lipinski definition) is 3. The van der Waals surface area contributed by atoms with E-state index in [-0.39, 0.29) is 12.5 Å². The van der Waals surface area contributed by atoms with Crippen molar-refractivity contribution >= 4 is 0 Å². The lowest BCUT2D eigenvalue weighted by atomic mass is 10.3. The van der Waals surface area contributed by atoms with Crippen LogP contribution in [0.5, 0.6) is 0 Å². The SMILES string of the molecule is CC(C)NC(C)OC(C)N(C)C(C)C. The fraction of sp³-hybridized carbons (Fsp3) is 1.00. The van der Waals surface area contributed by atoms with Crippen LogP contribution in [0.25, 0.3) is 0 Å². The molecule has 0 aromatic rings. The van der Waals surface area contributed by atoms with Gasteiger partial charge in [0.25, 0.3) is 0 Å². The summed E-state index contributed by atoms with van der Waals surface area (Å²) < 4.78 is 5.80. The summed E-state index contributed by atoms with van der Waals surface area (Å²) in [6.45, 7) is 12.7. The molecule has 0 amide bonds. The van der Waals surface area contributed by atoms with E-state index in [4.69, 9.17) is 4.74 Å². The van der Waals surface area contributed by atoms with Gasteiger partial charge in [-0.2, -0.15) is 0 Å². The third-order valence-corrected chi connectivity index (χ3v) is 2.36. The van der Waals surface area contributed by atoms with Crippen LogP contribution < -0.4 is 5.32 Å². The minimum Gasteiger partial charge on any atom is -0.346 e. The van der Waals surface area contributed by atoms with Gasteiger partial charge in [-0.1, -0.05) is 0 Å². The molecule has 0 aromatic heterocycles. The van der Waals surface area contributed by atoms with Crippen molar-refractivity contribution in [3.63, 3.8) is 0 Å². The van der Waals surface area contributed by atoms with E-state index in [1.165, 1.54) is 0 Å². The fourth-order valence-electron chi connectivity index (χ4n) is 1.32. The normalized spacial score (nSPS) is 16.7. The molecule has 0 heterocycles. The van der Waals surface area contributed by atoms with Gasteiger partial charge in [0.2, 0.25) is 0 Å². The van der Waals surface area contributed by atoms with E-state index in [0.29, 0.717) is 12.1 Å². The molecule has 0 aliphatic rings. The third-order valence-electron chi connectivity index (χ3n) is 2.36. The molecular weight excluding hydrogens is 176 g/mol. The van der Waals surface area contributed by atoms with Crippen LogP contribution >= 0.6 is 0 Å². The molecule has 0 spiro atoms. The minimum absolute atomic E-state index is 0.103. The van der Waals surface area contributed by atoms with Crippen molar-refractivity contribution in [2.45, 2.75) is 66.1 Å². The molecule has 0 fully saturated rings. The Hall–Kier alpha value is -0.120. The highest BCUT2D eigenvalue weighted by Gasteiger charge is 2.15. The summed E-state index contributed by atoms with van der Waals surface area (Å²) in [4.78, 5) is 2.21. The van der Waals surface area contributed by atoms with Crippen molar-refractivity contribution < 1.29 is 4.74 Å². The first-order chi connectivity index (χ1) is 6.34. The van der Waals surface area contributed by atoms with Crippen LogP contribution in [-0.4, -0.2) is 36.5 Å². The molecule has 14 heavy (non-hydrogen) atoms. The van der Waals surface area contributed by atoms with E-state index >= 15 is 0 Å². The lowest BCUT2D eigenvalue weighted by Gasteiger charge is -2.31. The molecule has 0 aliphatic heterocycles. The monoisotopic (exact) mass is 202 g/mol. The number of ether oxygens (including phenoxy) is 1. The highest BCUT2D eigenvalue weighted by molar-refractivity contribution is 4.61. The molecule has 2 atom stereocenters. The maximum Gasteiger partial charge on any atom is 0.109 e. The van der Waals surface area contributed by atoms with E-state index in [0.717, 1.165) is 0 Å². The summed E-state index contributed by atoms with van der Waals surface area (Å²) in [7, 11) is 2.08. The second kappa shape index (κ2) is 6.38. The standard InChI is InChI=1S/C11H26N2O/c1-8(2)12-10(5)14-11(6)13(7)9(3)4/h8-12H,1-7H3. The second-order valence-electron chi connectivity index (χ2n) is 4.46. The average molecular weight is 202 g/mol. The summed E-state index contributed by atoms with van der Waals surface area (Å²) in [5, 5.41) is 3.32. The number of nitrogens with zero attached hydrogens (tertiary/aromatic N) is 1. The Morgan fingerprint density at radius 2 is 1.50 bits per heavy atom. The molecule has 3 nitrogen and oxygen atoms in total. The Morgan fingerprint density at radius 1 is 1.00 bits per heavy atom. The summed E-state index contributed by atoms with van der Waals surface area (Å²) in [5.41, 5.74) is 0. The number of rotatable bonds is 6. The van der Waals surface area contributed by atoms with Gasteiger partial charge in [-0.05, 0) is 48.6 Å². The molecule has 2 unspecified atom stereocenters. The first-order valence-corrected chi connectivity index (χ1v) is 5.48. The van der Waals surface area contributed by atoms with Gasteiger partial charge in [0.1, 0.15) is 12.5 Å². The molecule has 86 valence electrons. The Kier molecular flexibility index (Phi) is 6.33. The van der Waals surface area contributed by atoms with E-state index in [9.17, 15) is 0 Å². The van der Waals surface area contributed by atoms with Crippen molar-refractivity contribution in [2.75, 3.05) is 7.05 Å². The number of hydrogen-bond donors (Lipinski definition) is 1. The van der Waals surface area contributed by atoms with E-state index < -0.39 is 0 Å². The van der Waals surface area contributed by atoms with Crippen molar-refractivity contribution in [3.8, 4) is 0 Å². The zero-order valence-electron chi connectivity index (χ0n) is 10.7. The van der Waals surface area contributed by atoms with Crippen molar-refractivity contribution in [1.82, 2.24) is 10.2 Å². The Labute approximate surface area is 88.8 Å². The maximum absolute atomic E-state index is 5.80. The fourth-order valence-corrected chi connectivity index (χ4v) is 1.32. The Morgan fingerprint density at radius 3 is 1.86 bits per heavy atom.